The fourth-order valence-corrected chi connectivity index (χ4v) is 2.08. The van der Waals surface area contributed by atoms with Crippen LogP contribution in [0, 0.1) is 5.92 Å². The lowest BCUT2D eigenvalue weighted by Gasteiger charge is -2.27. The Morgan fingerprint density at radius 2 is 2.29 bits per heavy atom. The van der Waals surface area contributed by atoms with Crippen molar-refractivity contribution in [2.24, 2.45) is 5.92 Å². The van der Waals surface area contributed by atoms with Crippen LogP contribution < -0.4 is 10.1 Å². The summed E-state index contributed by atoms with van der Waals surface area (Å²) in [6.07, 6.45) is 1.77. The van der Waals surface area contributed by atoms with Crippen LogP contribution in [0.15, 0.2) is 30.5 Å². The Balaban J connectivity index is 1.87. The molecule has 1 saturated heterocycles. The molecule has 3 nitrogen and oxygen atoms in total. The lowest BCUT2D eigenvalue weighted by Crippen LogP contribution is -2.45. The fraction of sp³-hybridized carbons (Fsp3) is 0.308. The summed E-state index contributed by atoms with van der Waals surface area (Å²) < 4.78 is 5.84. The molecule has 0 atom stereocenters. The molecule has 4 heteroatoms. The number of rotatable bonds is 3. The summed E-state index contributed by atoms with van der Waals surface area (Å²) in [5, 5.41) is 5.83. The number of nitrogens with one attached hydrogen (secondary N) is 1. The molecule has 0 amide bonds. The average molecular weight is 249 g/mol. The van der Waals surface area contributed by atoms with Gasteiger partial charge in [-0.25, -0.2) is 4.98 Å². The second-order valence-electron chi connectivity index (χ2n) is 4.32. The number of halogens is 1. The molecule has 1 fully saturated rings. The first-order valence-electron chi connectivity index (χ1n) is 5.71. The number of ether oxygens (including phenoxy) is 1. The highest BCUT2D eigenvalue weighted by molar-refractivity contribution is 6.30. The number of fused-ring (bicyclic) bond motifs is 1. The van der Waals surface area contributed by atoms with Crippen LogP contribution in [0.5, 0.6) is 5.75 Å². The Hall–Kier alpha value is -1.32. The second kappa shape index (κ2) is 4.51. The summed E-state index contributed by atoms with van der Waals surface area (Å²) >= 11 is 5.87. The van der Waals surface area contributed by atoms with Crippen LogP contribution in [0.3, 0.4) is 0 Å². The summed E-state index contributed by atoms with van der Waals surface area (Å²) in [4.78, 5) is 4.10. The molecule has 1 aliphatic rings. The Labute approximate surface area is 105 Å². The summed E-state index contributed by atoms with van der Waals surface area (Å²) in [7, 11) is 0. The van der Waals surface area contributed by atoms with Crippen molar-refractivity contribution >= 4 is 22.4 Å². The number of pyridine rings is 1. The van der Waals surface area contributed by atoms with E-state index in [1.807, 2.05) is 24.3 Å². The van der Waals surface area contributed by atoms with Crippen LogP contribution in [0.25, 0.3) is 10.8 Å². The molecule has 1 aromatic heterocycles. The summed E-state index contributed by atoms with van der Waals surface area (Å²) in [5.74, 6) is 1.52. The molecule has 1 aliphatic heterocycles. The topological polar surface area (TPSA) is 34.1 Å². The smallest absolute Gasteiger partial charge is 0.129 e. The highest BCUT2D eigenvalue weighted by Crippen LogP contribution is 2.26. The number of benzene rings is 1. The van der Waals surface area contributed by atoms with Gasteiger partial charge in [-0.05, 0) is 17.5 Å². The Bertz CT molecular complexity index is 540. The van der Waals surface area contributed by atoms with Crippen LogP contribution in [0.1, 0.15) is 0 Å². The van der Waals surface area contributed by atoms with E-state index in [2.05, 4.69) is 10.3 Å². The van der Waals surface area contributed by atoms with Gasteiger partial charge in [0, 0.05) is 30.6 Å². The van der Waals surface area contributed by atoms with Gasteiger partial charge in [-0.2, -0.15) is 0 Å². The number of hydrogen-bond acceptors (Lipinski definition) is 3. The first-order valence-corrected chi connectivity index (χ1v) is 6.08. The predicted octanol–water partition coefficient (Wildman–Crippen LogP) is 2.49. The van der Waals surface area contributed by atoms with E-state index in [0.717, 1.165) is 36.2 Å². The van der Waals surface area contributed by atoms with Crippen LogP contribution in [0.4, 0.5) is 0 Å². The van der Waals surface area contributed by atoms with Gasteiger partial charge >= 0.3 is 0 Å². The molecule has 2 heterocycles. The van der Waals surface area contributed by atoms with Gasteiger partial charge in [0.25, 0.3) is 0 Å². The first kappa shape index (κ1) is 10.8. The van der Waals surface area contributed by atoms with E-state index in [-0.39, 0.29) is 0 Å². The van der Waals surface area contributed by atoms with E-state index < -0.39 is 0 Å². The van der Waals surface area contributed by atoms with E-state index in [9.17, 15) is 0 Å². The molecule has 2 aromatic rings. The zero-order valence-electron chi connectivity index (χ0n) is 9.32. The van der Waals surface area contributed by atoms with E-state index in [1.54, 1.807) is 6.20 Å². The molecular weight excluding hydrogens is 236 g/mol. The van der Waals surface area contributed by atoms with Gasteiger partial charge in [0.2, 0.25) is 0 Å². The van der Waals surface area contributed by atoms with Gasteiger partial charge < -0.3 is 10.1 Å². The number of nitrogens with zero attached hydrogens (tertiary/aromatic N) is 1. The third-order valence-electron chi connectivity index (χ3n) is 3.03. The molecular formula is C13H13ClN2O. The first-order chi connectivity index (χ1) is 8.33. The quantitative estimate of drug-likeness (QED) is 0.848. The van der Waals surface area contributed by atoms with Crippen molar-refractivity contribution in [3.8, 4) is 5.75 Å². The second-order valence-corrected chi connectivity index (χ2v) is 4.71. The summed E-state index contributed by atoms with van der Waals surface area (Å²) in [6.45, 7) is 2.86. The Morgan fingerprint density at radius 1 is 1.41 bits per heavy atom. The van der Waals surface area contributed by atoms with Crippen molar-refractivity contribution in [3.05, 3.63) is 35.6 Å². The molecule has 3 rings (SSSR count). The molecule has 88 valence electrons. The van der Waals surface area contributed by atoms with Crippen molar-refractivity contribution in [2.75, 3.05) is 19.7 Å². The minimum absolute atomic E-state index is 0.512. The minimum atomic E-state index is 0.512. The van der Waals surface area contributed by atoms with Crippen LogP contribution in [0.2, 0.25) is 5.15 Å². The normalized spacial score (nSPS) is 15.8. The minimum Gasteiger partial charge on any atom is -0.492 e. The molecule has 0 spiro atoms. The monoisotopic (exact) mass is 248 g/mol. The predicted molar refractivity (Wildman–Crippen MR) is 68.6 cm³/mol. The van der Waals surface area contributed by atoms with Crippen molar-refractivity contribution < 1.29 is 4.74 Å². The Morgan fingerprint density at radius 3 is 3.06 bits per heavy atom. The van der Waals surface area contributed by atoms with Gasteiger partial charge in [-0.15, -0.1) is 0 Å². The molecule has 1 aromatic carbocycles. The number of aromatic nitrogens is 1. The van der Waals surface area contributed by atoms with E-state index in [1.165, 1.54) is 0 Å². The molecule has 0 bridgehead atoms. The largest absolute Gasteiger partial charge is 0.492 e. The maximum absolute atomic E-state index is 5.87. The maximum atomic E-state index is 5.87. The lowest BCUT2D eigenvalue weighted by molar-refractivity contribution is 0.201. The number of hydrogen-bond donors (Lipinski definition) is 1. The van der Waals surface area contributed by atoms with Gasteiger partial charge in [-0.1, -0.05) is 23.7 Å². The molecule has 1 N–H and O–H groups in total. The highest BCUT2D eigenvalue weighted by Gasteiger charge is 2.17. The zero-order valence-corrected chi connectivity index (χ0v) is 10.1. The van der Waals surface area contributed by atoms with Crippen LogP contribution in [-0.4, -0.2) is 24.7 Å². The molecule has 0 saturated carbocycles. The Kier molecular flexibility index (Phi) is 2.87. The molecule has 0 aliphatic carbocycles. The van der Waals surface area contributed by atoms with Crippen molar-refractivity contribution in [1.29, 1.82) is 0 Å². The van der Waals surface area contributed by atoms with Gasteiger partial charge in [0.15, 0.2) is 0 Å². The van der Waals surface area contributed by atoms with Crippen LogP contribution in [-0.2, 0) is 0 Å². The van der Waals surface area contributed by atoms with E-state index >= 15 is 0 Å². The van der Waals surface area contributed by atoms with Crippen molar-refractivity contribution in [3.63, 3.8) is 0 Å². The van der Waals surface area contributed by atoms with E-state index in [0.29, 0.717) is 11.1 Å². The molecule has 17 heavy (non-hydrogen) atoms. The summed E-state index contributed by atoms with van der Waals surface area (Å²) in [6, 6.07) is 7.83. The maximum Gasteiger partial charge on any atom is 0.129 e. The van der Waals surface area contributed by atoms with Gasteiger partial charge in [0.1, 0.15) is 10.9 Å². The SMILES string of the molecule is Clc1cc2cccc(OCC3CNC3)c2cn1. The third kappa shape index (κ3) is 2.21. The zero-order chi connectivity index (χ0) is 11.7. The average Bonchev–Trinajstić information content (AvgIpc) is 2.26. The fourth-order valence-electron chi connectivity index (χ4n) is 1.92. The van der Waals surface area contributed by atoms with Crippen LogP contribution >= 0.6 is 11.6 Å². The molecule has 0 unspecified atom stereocenters. The summed E-state index contributed by atoms with van der Waals surface area (Å²) in [5.41, 5.74) is 0. The van der Waals surface area contributed by atoms with E-state index in [4.69, 9.17) is 16.3 Å². The lowest BCUT2D eigenvalue weighted by atomic mass is 10.1. The van der Waals surface area contributed by atoms with Crippen molar-refractivity contribution in [1.82, 2.24) is 10.3 Å². The molecule has 0 radical (unpaired) electrons. The van der Waals surface area contributed by atoms with Crippen molar-refractivity contribution in [2.45, 2.75) is 0 Å². The van der Waals surface area contributed by atoms with Gasteiger partial charge in [-0.3, -0.25) is 0 Å². The third-order valence-corrected chi connectivity index (χ3v) is 3.24. The highest BCUT2D eigenvalue weighted by atomic mass is 35.5. The van der Waals surface area contributed by atoms with Gasteiger partial charge in [0.05, 0.1) is 6.61 Å². The standard InChI is InChI=1S/C13H13ClN2O/c14-13-4-10-2-1-3-12(11(10)7-16-13)17-8-9-5-15-6-9/h1-4,7,9,15H,5-6,8H2.